The van der Waals surface area contributed by atoms with Crippen LogP contribution in [0.5, 0.6) is 0 Å². The van der Waals surface area contributed by atoms with Crippen molar-refractivity contribution in [3.05, 3.63) is 35.1 Å². The second kappa shape index (κ2) is 6.43. The van der Waals surface area contributed by atoms with Crippen LogP contribution in [0.15, 0.2) is 18.2 Å². The Morgan fingerprint density at radius 3 is 2.52 bits per heavy atom. The van der Waals surface area contributed by atoms with Crippen LogP contribution in [0.2, 0.25) is 0 Å². The molecule has 3 nitrogen and oxygen atoms in total. The maximum absolute atomic E-state index is 13.6. The van der Waals surface area contributed by atoms with E-state index in [1.54, 1.807) is 11.4 Å². The van der Waals surface area contributed by atoms with Gasteiger partial charge in [-0.15, -0.1) is 0 Å². The van der Waals surface area contributed by atoms with E-state index in [1.165, 1.54) is 6.07 Å². The summed E-state index contributed by atoms with van der Waals surface area (Å²) in [4.78, 5) is 10.8. The summed E-state index contributed by atoms with van der Waals surface area (Å²) < 4.78 is 49.9. The number of rotatable bonds is 3. The Labute approximate surface area is 119 Å². The van der Waals surface area contributed by atoms with E-state index in [1.807, 2.05) is 0 Å². The maximum atomic E-state index is 13.6. The normalized spacial score (nSPS) is 16.8. The number of benzene rings is 1. The molecule has 1 heterocycles. The molecule has 0 saturated carbocycles. The minimum absolute atomic E-state index is 0.194. The Kier molecular flexibility index (Phi) is 4.82. The molecule has 2 N–H and O–H groups in total. The van der Waals surface area contributed by atoms with Crippen molar-refractivity contribution >= 4 is 5.91 Å². The van der Waals surface area contributed by atoms with Gasteiger partial charge in [0.2, 0.25) is 0 Å². The van der Waals surface area contributed by atoms with Crippen molar-refractivity contribution in [2.45, 2.75) is 31.5 Å². The van der Waals surface area contributed by atoms with E-state index in [-0.39, 0.29) is 12.5 Å². The Morgan fingerprint density at radius 2 is 1.90 bits per heavy atom. The number of halogens is 4. The van der Waals surface area contributed by atoms with E-state index in [9.17, 15) is 22.4 Å². The summed E-state index contributed by atoms with van der Waals surface area (Å²) >= 11 is 0. The highest BCUT2D eigenvalue weighted by Crippen LogP contribution is 2.26. The standard InChI is InChI=1S/C14H16F4N2O/c15-12-6-9(8-20-13(21)14(16,17)18)5-11(7-12)10-1-3-19-4-2-10/h5-7,10,19H,1-4,8H2,(H,20,21). The van der Waals surface area contributed by atoms with Crippen LogP contribution < -0.4 is 10.6 Å². The van der Waals surface area contributed by atoms with Crippen LogP contribution in [0, 0.1) is 5.82 Å². The first-order valence-corrected chi connectivity index (χ1v) is 6.71. The first-order chi connectivity index (χ1) is 9.86. The second-order valence-electron chi connectivity index (χ2n) is 5.10. The van der Waals surface area contributed by atoms with E-state index in [2.05, 4.69) is 5.32 Å². The molecule has 0 bridgehead atoms. The molecule has 1 aliphatic heterocycles. The van der Waals surface area contributed by atoms with Gasteiger partial charge >= 0.3 is 12.1 Å². The fraction of sp³-hybridized carbons (Fsp3) is 0.500. The minimum atomic E-state index is -4.93. The van der Waals surface area contributed by atoms with Gasteiger partial charge in [-0.05, 0) is 55.1 Å². The monoisotopic (exact) mass is 304 g/mol. The molecular formula is C14H16F4N2O. The molecule has 7 heteroatoms. The number of amides is 1. The van der Waals surface area contributed by atoms with Gasteiger partial charge in [0, 0.05) is 6.54 Å². The summed E-state index contributed by atoms with van der Waals surface area (Å²) in [7, 11) is 0. The summed E-state index contributed by atoms with van der Waals surface area (Å²) in [5, 5.41) is 4.95. The highest BCUT2D eigenvalue weighted by Gasteiger charge is 2.38. The van der Waals surface area contributed by atoms with Gasteiger partial charge in [0.1, 0.15) is 5.82 Å². The quantitative estimate of drug-likeness (QED) is 0.842. The van der Waals surface area contributed by atoms with Crippen molar-refractivity contribution in [1.82, 2.24) is 10.6 Å². The zero-order valence-electron chi connectivity index (χ0n) is 11.3. The first-order valence-electron chi connectivity index (χ1n) is 6.71. The number of nitrogens with one attached hydrogen (secondary N) is 2. The molecule has 0 unspecified atom stereocenters. The molecule has 116 valence electrons. The van der Waals surface area contributed by atoms with Gasteiger partial charge in [0.05, 0.1) is 0 Å². The molecule has 0 aliphatic carbocycles. The zero-order chi connectivity index (χ0) is 15.5. The lowest BCUT2D eigenvalue weighted by Crippen LogP contribution is -2.36. The van der Waals surface area contributed by atoms with E-state index in [4.69, 9.17) is 0 Å². The molecule has 1 saturated heterocycles. The lowest BCUT2D eigenvalue weighted by atomic mass is 9.89. The fourth-order valence-electron chi connectivity index (χ4n) is 2.45. The molecule has 21 heavy (non-hydrogen) atoms. The number of hydrogen-bond donors (Lipinski definition) is 2. The van der Waals surface area contributed by atoms with Crippen LogP contribution in [-0.2, 0) is 11.3 Å². The summed E-state index contributed by atoms with van der Waals surface area (Å²) in [6.07, 6.45) is -3.21. The number of hydrogen-bond acceptors (Lipinski definition) is 2. The fourth-order valence-corrected chi connectivity index (χ4v) is 2.45. The van der Waals surface area contributed by atoms with Crippen LogP contribution >= 0.6 is 0 Å². The molecule has 1 aliphatic rings. The van der Waals surface area contributed by atoms with Crippen molar-refractivity contribution < 1.29 is 22.4 Å². The smallest absolute Gasteiger partial charge is 0.344 e. The topological polar surface area (TPSA) is 41.1 Å². The Hall–Kier alpha value is -1.63. The van der Waals surface area contributed by atoms with Crippen LogP contribution in [0.4, 0.5) is 17.6 Å². The van der Waals surface area contributed by atoms with Gasteiger partial charge in [0.25, 0.3) is 0 Å². The van der Waals surface area contributed by atoms with Crippen LogP contribution in [-0.4, -0.2) is 25.2 Å². The molecule has 0 aromatic heterocycles. The Balaban J connectivity index is 2.06. The number of carbonyl (C=O) groups excluding carboxylic acids is 1. The molecule has 0 radical (unpaired) electrons. The van der Waals surface area contributed by atoms with Gasteiger partial charge in [-0.1, -0.05) is 6.07 Å². The number of carbonyl (C=O) groups is 1. The van der Waals surface area contributed by atoms with E-state index >= 15 is 0 Å². The van der Waals surface area contributed by atoms with Crippen molar-refractivity contribution in [1.29, 1.82) is 0 Å². The highest BCUT2D eigenvalue weighted by atomic mass is 19.4. The van der Waals surface area contributed by atoms with Crippen LogP contribution in [0.3, 0.4) is 0 Å². The first kappa shape index (κ1) is 15.8. The van der Waals surface area contributed by atoms with Crippen LogP contribution in [0.1, 0.15) is 29.9 Å². The molecule has 1 amide bonds. The van der Waals surface area contributed by atoms with Crippen molar-refractivity contribution in [3.8, 4) is 0 Å². The lowest BCUT2D eigenvalue weighted by molar-refractivity contribution is -0.173. The molecule has 2 rings (SSSR count). The molecule has 0 atom stereocenters. The Morgan fingerprint density at radius 1 is 1.24 bits per heavy atom. The van der Waals surface area contributed by atoms with Gasteiger partial charge in [-0.2, -0.15) is 13.2 Å². The van der Waals surface area contributed by atoms with Crippen molar-refractivity contribution in [2.24, 2.45) is 0 Å². The molecular weight excluding hydrogens is 288 g/mol. The SMILES string of the molecule is O=C(NCc1cc(F)cc(C2CCNCC2)c1)C(F)(F)F. The number of piperidine rings is 1. The third kappa shape index (κ3) is 4.42. The van der Waals surface area contributed by atoms with E-state index < -0.39 is 17.9 Å². The second-order valence-corrected chi connectivity index (χ2v) is 5.10. The zero-order valence-corrected chi connectivity index (χ0v) is 11.3. The summed E-state index contributed by atoms with van der Waals surface area (Å²) in [5.74, 6) is -2.32. The largest absolute Gasteiger partial charge is 0.471 e. The number of alkyl halides is 3. The molecule has 0 spiro atoms. The average molecular weight is 304 g/mol. The molecule has 1 aromatic rings. The van der Waals surface area contributed by atoms with Gasteiger partial charge in [0.15, 0.2) is 0 Å². The summed E-state index contributed by atoms with van der Waals surface area (Å²) in [6, 6.07) is 4.21. The minimum Gasteiger partial charge on any atom is -0.344 e. The third-order valence-electron chi connectivity index (χ3n) is 3.50. The predicted octanol–water partition coefficient (Wildman–Crippen LogP) is 2.47. The predicted molar refractivity (Wildman–Crippen MR) is 69.1 cm³/mol. The lowest BCUT2D eigenvalue weighted by Gasteiger charge is -2.23. The highest BCUT2D eigenvalue weighted by molar-refractivity contribution is 5.81. The summed E-state index contributed by atoms with van der Waals surface area (Å²) in [6.45, 7) is 1.33. The third-order valence-corrected chi connectivity index (χ3v) is 3.50. The molecule has 1 fully saturated rings. The van der Waals surface area contributed by atoms with Crippen molar-refractivity contribution in [2.75, 3.05) is 13.1 Å². The van der Waals surface area contributed by atoms with E-state index in [0.29, 0.717) is 5.56 Å². The maximum Gasteiger partial charge on any atom is 0.471 e. The average Bonchev–Trinajstić information content (AvgIpc) is 2.44. The van der Waals surface area contributed by atoms with Gasteiger partial charge in [-0.3, -0.25) is 4.79 Å². The Bertz CT molecular complexity index is 510. The van der Waals surface area contributed by atoms with E-state index in [0.717, 1.165) is 37.6 Å². The summed E-state index contributed by atoms with van der Waals surface area (Å²) in [5.41, 5.74) is 1.11. The van der Waals surface area contributed by atoms with Crippen LogP contribution in [0.25, 0.3) is 0 Å². The van der Waals surface area contributed by atoms with Crippen molar-refractivity contribution in [3.63, 3.8) is 0 Å². The molecule has 1 aromatic carbocycles. The van der Waals surface area contributed by atoms with Gasteiger partial charge in [-0.25, -0.2) is 4.39 Å². The van der Waals surface area contributed by atoms with Gasteiger partial charge < -0.3 is 10.6 Å².